The largest absolute Gasteiger partial charge is 0.353 e. The fraction of sp³-hybridized carbons (Fsp3) is 0.632. The summed E-state index contributed by atoms with van der Waals surface area (Å²) in [6, 6.07) is 11.1. The van der Waals surface area contributed by atoms with Crippen LogP contribution in [-0.2, 0) is 11.2 Å². The zero-order chi connectivity index (χ0) is 16.0. The Hall–Kier alpha value is -1.35. The molecule has 0 bridgehead atoms. The van der Waals surface area contributed by atoms with Gasteiger partial charge in [0, 0.05) is 17.5 Å². The Morgan fingerprint density at radius 3 is 2.45 bits per heavy atom. The summed E-state index contributed by atoms with van der Waals surface area (Å²) in [5, 5.41) is 3.23. The summed E-state index contributed by atoms with van der Waals surface area (Å²) in [5.41, 5.74) is 6.97. The van der Waals surface area contributed by atoms with Gasteiger partial charge in [-0.2, -0.15) is 0 Å². The van der Waals surface area contributed by atoms with Crippen molar-refractivity contribution in [3.63, 3.8) is 0 Å². The van der Waals surface area contributed by atoms with Crippen molar-refractivity contribution in [2.45, 2.75) is 70.9 Å². The highest BCUT2D eigenvalue weighted by atomic mass is 16.2. The molecule has 0 radical (unpaired) electrons. The topological polar surface area (TPSA) is 55.1 Å². The molecule has 0 spiro atoms. The third-order valence-electron chi connectivity index (χ3n) is 4.83. The molecule has 3 heteroatoms. The van der Waals surface area contributed by atoms with Crippen molar-refractivity contribution in [1.29, 1.82) is 0 Å². The Labute approximate surface area is 134 Å². The number of aryl methyl sites for hydroxylation is 1. The van der Waals surface area contributed by atoms with E-state index < -0.39 is 0 Å². The van der Waals surface area contributed by atoms with Crippen LogP contribution in [0.5, 0.6) is 0 Å². The van der Waals surface area contributed by atoms with Crippen molar-refractivity contribution in [3.05, 3.63) is 35.9 Å². The van der Waals surface area contributed by atoms with Crippen molar-refractivity contribution in [2.75, 3.05) is 0 Å². The van der Waals surface area contributed by atoms with E-state index in [2.05, 4.69) is 43.4 Å². The maximum absolute atomic E-state index is 12.5. The molecule has 2 rings (SSSR count). The van der Waals surface area contributed by atoms with Crippen LogP contribution < -0.4 is 11.1 Å². The van der Waals surface area contributed by atoms with Crippen LogP contribution >= 0.6 is 0 Å². The van der Waals surface area contributed by atoms with E-state index in [-0.39, 0.29) is 11.3 Å². The Kier molecular flexibility index (Phi) is 6.01. The van der Waals surface area contributed by atoms with E-state index in [1.54, 1.807) is 0 Å². The second kappa shape index (κ2) is 7.77. The van der Waals surface area contributed by atoms with Gasteiger partial charge >= 0.3 is 0 Å². The Morgan fingerprint density at radius 2 is 1.82 bits per heavy atom. The lowest BCUT2D eigenvalue weighted by Gasteiger charge is -2.31. The number of benzene rings is 1. The van der Waals surface area contributed by atoms with Gasteiger partial charge in [-0.1, -0.05) is 44.2 Å². The quantitative estimate of drug-likeness (QED) is 0.846. The van der Waals surface area contributed by atoms with Crippen LogP contribution in [-0.4, -0.2) is 18.0 Å². The van der Waals surface area contributed by atoms with Gasteiger partial charge in [0.2, 0.25) is 5.91 Å². The Morgan fingerprint density at radius 1 is 1.18 bits per heavy atom. The molecule has 0 aliphatic heterocycles. The highest BCUT2D eigenvalue weighted by Gasteiger charge is 2.29. The summed E-state index contributed by atoms with van der Waals surface area (Å²) in [4.78, 5) is 12.5. The molecule has 1 aromatic carbocycles. The zero-order valence-corrected chi connectivity index (χ0v) is 14.0. The predicted molar refractivity (Wildman–Crippen MR) is 91.5 cm³/mol. The summed E-state index contributed by atoms with van der Waals surface area (Å²) < 4.78 is 0. The van der Waals surface area contributed by atoms with Crippen molar-refractivity contribution in [3.8, 4) is 0 Å². The van der Waals surface area contributed by atoms with Gasteiger partial charge in [-0.3, -0.25) is 4.79 Å². The molecule has 0 aromatic heterocycles. The second-order valence-corrected chi connectivity index (χ2v) is 7.31. The van der Waals surface area contributed by atoms with Gasteiger partial charge in [0.05, 0.1) is 0 Å². The van der Waals surface area contributed by atoms with Gasteiger partial charge in [0.1, 0.15) is 0 Å². The molecule has 0 heterocycles. The van der Waals surface area contributed by atoms with Gasteiger partial charge in [0.15, 0.2) is 0 Å². The first-order valence-electron chi connectivity index (χ1n) is 8.58. The minimum absolute atomic E-state index is 0.195. The van der Waals surface area contributed by atoms with Crippen LogP contribution in [0.3, 0.4) is 0 Å². The van der Waals surface area contributed by atoms with E-state index in [4.69, 9.17) is 5.73 Å². The van der Waals surface area contributed by atoms with Crippen LogP contribution in [0.15, 0.2) is 30.3 Å². The number of carbonyl (C=O) groups is 1. The van der Waals surface area contributed by atoms with Gasteiger partial charge < -0.3 is 11.1 Å². The molecule has 0 atom stereocenters. The number of amides is 1. The van der Waals surface area contributed by atoms with Crippen molar-refractivity contribution >= 4 is 5.91 Å². The molecule has 1 saturated carbocycles. The van der Waals surface area contributed by atoms with Gasteiger partial charge in [-0.15, -0.1) is 0 Å². The molecule has 3 nitrogen and oxygen atoms in total. The minimum Gasteiger partial charge on any atom is -0.353 e. The average Bonchev–Trinajstić information content (AvgIpc) is 2.50. The zero-order valence-electron chi connectivity index (χ0n) is 14.0. The molecule has 1 amide bonds. The van der Waals surface area contributed by atoms with Crippen molar-refractivity contribution < 1.29 is 4.79 Å². The lowest BCUT2D eigenvalue weighted by atomic mass is 9.84. The lowest BCUT2D eigenvalue weighted by Crippen LogP contribution is -2.45. The van der Waals surface area contributed by atoms with Gasteiger partial charge in [-0.05, 0) is 50.5 Å². The first kappa shape index (κ1) is 17.0. The first-order valence-corrected chi connectivity index (χ1v) is 8.58. The van der Waals surface area contributed by atoms with E-state index in [1.165, 1.54) is 5.56 Å². The smallest absolute Gasteiger partial charge is 0.225 e. The molecule has 1 aromatic rings. The van der Waals surface area contributed by atoms with Gasteiger partial charge in [-0.25, -0.2) is 0 Å². The fourth-order valence-corrected chi connectivity index (χ4v) is 3.14. The third-order valence-corrected chi connectivity index (χ3v) is 4.83. The number of hydrogen-bond donors (Lipinski definition) is 2. The molecule has 0 unspecified atom stereocenters. The van der Waals surface area contributed by atoms with E-state index in [0.29, 0.717) is 12.1 Å². The number of nitrogens with two attached hydrogens (primary N) is 1. The highest BCUT2D eigenvalue weighted by molar-refractivity contribution is 5.82. The molecular formula is C19H30N2O. The summed E-state index contributed by atoms with van der Waals surface area (Å²) in [6.07, 6.45) is 7.09. The molecule has 1 aliphatic rings. The van der Waals surface area contributed by atoms with Crippen LogP contribution in [0.25, 0.3) is 0 Å². The van der Waals surface area contributed by atoms with Crippen LogP contribution in [0, 0.1) is 5.41 Å². The molecule has 1 fully saturated rings. The van der Waals surface area contributed by atoms with Crippen LogP contribution in [0.4, 0.5) is 0 Å². The number of nitrogens with one attached hydrogen (secondary N) is 1. The maximum atomic E-state index is 12.5. The lowest BCUT2D eigenvalue weighted by molar-refractivity contribution is -0.130. The first-order chi connectivity index (χ1) is 10.5. The molecule has 1 aliphatic carbocycles. The molecule has 0 saturated heterocycles. The fourth-order valence-electron chi connectivity index (χ4n) is 3.14. The van der Waals surface area contributed by atoms with E-state index in [9.17, 15) is 4.79 Å². The minimum atomic E-state index is -0.297. The SMILES string of the molecule is CC(C)(CCCc1ccccc1)C(=O)NC1CCC(N)CC1. The van der Waals surface area contributed by atoms with Crippen molar-refractivity contribution in [1.82, 2.24) is 5.32 Å². The van der Waals surface area contributed by atoms with Gasteiger partial charge in [0.25, 0.3) is 0 Å². The van der Waals surface area contributed by atoms with E-state index >= 15 is 0 Å². The third kappa shape index (κ3) is 5.13. The highest BCUT2D eigenvalue weighted by Crippen LogP contribution is 2.25. The second-order valence-electron chi connectivity index (χ2n) is 7.31. The van der Waals surface area contributed by atoms with E-state index in [1.807, 2.05) is 6.07 Å². The van der Waals surface area contributed by atoms with Crippen LogP contribution in [0.2, 0.25) is 0 Å². The maximum Gasteiger partial charge on any atom is 0.225 e. The van der Waals surface area contributed by atoms with Crippen LogP contribution in [0.1, 0.15) is 57.9 Å². The summed E-state index contributed by atoms with van der Waals surface area (Å²) in [7, 11) is 0. The Balaban J connectivity index is 1.75. The standard InChI is InChI=1S/C19H30N2O/c1-19(2,14-6-9-15-7-4-3-5-8-15)18(22)21-17-12-10-16(20)11-13-17/h3-5,7-8,16-17H,6,9-14,20H2,1-2H3,(H,21,22). The molecule has 3 N–H and O–H groups in total. The number of rotatable bonds is 6. The summed E-state index contributed by atoms with van der Waals surface area (Å²) in [6.45, 7) is 4.11. The average molecular weight is 302 g/mol. The van der Waals surface area contributed by atoms with Crippen molar-refractivity contribution in [2.24, 2.45) is 11.1 Å². The molecular weight excluding hydrogens is 272 g/mol. The summed E-state index contributed by atoms with van der Waals surface area (Å²) in [5.74, 6) is 0.195. The predicted octanol–water partition coefficient (Wildman–Crippen LogP) is 3.42. The monoisotopic (exact) mass is 302 g/mol. The van der Waals surface area contributed by atoms with E-state index in [0.717, 1.165) is 44.9 Å². The number of carbonyl (C=O) groups excluding carboxylic acids is 1. The number of hydrogen-bond acceptors (Lipinski definition) is 2. The molecule has 122 valence electrons. The molecule has 22 heavy (non-hydrogen) atoms. The summed E-state index contributed by atoms with van der Waals surface area (Å²) >= 11 is 0. The normalized spacial score (nSPS) is 22.3. The Bertz CT molecular complexity index is 462.